The molecule has 7 N–H and O–H groups in total. The number of urea groups is 1. The number of carbonyl (C=O) groups excluding carboxylic acids is 6. The molecule has 0 saturated carbocycles. The summed E-state index contributed by atoms with van der Waals surface area (Å²) in [6.45, 7) is 24.2. The van der Waals surface area contributed by atoms with Crippen LogP contribution in [0, 0.1) is 13.8 Å². The van der Waals surface area contributed by atoms with Gasteiger partial charge in [-0.15, -0.1) is 0 Å². The summed E-state index contributed by atoms with van der Waals surface area (Å²) in [5.74, 6) is -2.00. The first-order valence-electron chi connectivity index (χ1n) is 19.9. The summed E-state index contributed by atoms with van der Waals surface area (Å²) >= 11 is 0. The fourth-order valence-electron chi connectivity index (χ4n) is 4.56. The van der Waals surface area contributed by atoms with E-state index in [0.29, 0.717) is 11.4 Å². The highest BCUT2D eigenvalue weighted by molar-refractivity contribution is 5.91. The number of aromatic nitrogens is 6. The summed E-state index contributed by atoms with van der Waals surface area (Å²) in [4.78, 5) is 110. The minimum Gasteiger partial charge on any atom is -0.460 e. The molecule has 3 amide bonds. The van der Waals surface area contributed by atoms with E-state index in [1.807, 2.05) is 0 Å². The van der Waals surface area contributed by atoms with Gasteiger partial charge in [0, 0.05) is 48.8 Å². The molecule has 0 aliphatic rings. The number of nitrogens with two attached hydrogens (primary N) is 1. The van der Waals surface area contributed by atoms with Gasteiger partial charge in [-0.3, -0.25) is 49.1 Å². The third kappa shape index (κ3) is 25.8. The van der Waals surface area contributed by atoms with Crippen molar-refractivity contribution in [1.82, 2.24) is 34.8 Å². The molecule has 3 heterocycles. The van der Waals surface area contributed by atoms with Gasteiger partial charge < -0.3 is 30.0 Å². The van der Waals surface area contributed by atoms with E-state index in [0.717, 1.165) is 0 Å². The zero-order valence-electron chi connectivity index (χ0n) is 38.6. The topological polar surface area (TPSA) is 311 Å². The highest BCUT2D eigenvalue weighted by Crippen LogP contribution is 2.15. The van der Waals surface area contributed by atoms with Gasteiger partial charge in [-0.05, 0) is 110 Å². The summed E-state index contributed by atoms with van der Waals surface area (Å²) in [7, 11) is 0. The lowest BCUT2D eigenvalue weighted by Crippen LogP contribution is -2.46. The van der Waals surface area contributed by atoms with Crippen LogP contribution in [0.3, 0.4) is 0 Å². The van der Waals surface area contributed by atoms with Crippen LogP contribution in [-0.4, -0.2) is 99.9 Å². The Morgan fingerprint density at radius 2 is 1.10 bits per heavy atom. The average Bonchev–Trinajstić information content (AvgIpc) is 3.61. The lowest BCUT2D eigenvalue weighted by atomic mass is 10.1. The summed E-state index contributed by atoms with van der Waals surface area (Å²) in [6, 6.07) is -0.500. The van der Waals surface area contributed by atoms with Gasteiger partial charge in [-0.25, -0.2) is 29.3 Å². The second-order valence-electron chi connectivity index (χ2n) is 17.9. The number of imidazole rings is 1. The van der Waals surface area contributed by atoms with Crippen LogP contribution < -0.4 is 32.8 Å². The third-order valence-electron chi connectivity index (χ3n) is 6.78. The predicted octanol–water partition coefficient (Wildman–Crippen LogP) is 4.16. The minimum absolute atomic E-state index is 0.0188. The van der Waals surface area contributed by atoms with E-state index >= 15 is 0 Å². The van der Waals surface area contributed by atoms with E-state index in [1.165, 1.54) is 35.4 Å². The van der Waals surface area contributed by atoms with Crippen LogP contribution in [0.25, 0.3) is 0 Å². The first-order valence-corrected chi connectivity index (χ1v) is 19.9. The maximum absolute atomic E-state index is 12.5. The minimum atomic E-state index is -1.10. The number of ether oxygens (including phenoxy) is 4. The van der Waals surface area contributed by atoms with Crippen molar-refractivity contribution in [3.63, 3.8) is 0 Å². The molecule has 0 aliphatic heterocycles. The van der Waals surface area contributed by atoms with Crippen molar-refractivity contribution in [2.75, 3.05) is 10.6 Å². The maximum atomic E-state index is 12.5. The summed E-state index contributed by atoms with van der Waals surface area (Å²) in [5, 5.41) is 7.25. The average molecular weight is 889 g/mol. The monoisotopic (exact) mass is 888 g/mol. The number of esters is 4. The molecule has 0 aliphatic carbocycles. The van der Waals surface area contributed by atoms with E-state index < -0.39 is 70.0 Å². The maximum Gasteiger partial charge on any atom is 0.333 e. The molecule has 0 spiro atoms. The van der Waals surface area contributed by atoms with E-state index in [-0.39, 0.29) is 49.1 Å². The number of rotatable bonds is 11. The summed E-state index contributed by atoms with van der Waals surface area (Å²) in [6.07, 6.45) is 4.54. The molecule has 22 heteroatoms. The molecular weight excluding hydrogens is 825 g/mol. The number of aryl methyl sites for hydroxylation is 2. The van der Waals surface area contributed by atoms with E-state index in [2.05, 4.69) is 40.9 Å². The first-order chi connectivity index (χ1) is 28.7. The number of amides is 3. The Labute approximate surface area is 366 Å². The van der Waals surface area contributed by atoms with E-state index in [4.69, 9.17) is 24.7 Å². The fraction of sp³-hybridized carbons (Fsp3) is 0.585. The number of H-pyrrole nitrogens is 2. The van der Waals surface area contributed by atoms with Gasteiger partial charge in [0.15, 0.2) is 0 Å². The normalized spacial score (nSPS) is 12.4. The molecule has 3 aromatic heterocycles. The molecule has 0 fully saturated rings. The molecule has 0 saturated heterocycles. The number of anilines is 2. The van der Waals surface area contributed by atoms with Gasteiger partial charge in [0.2, 0.25) is 11.9 Å². The molecule has 22 nitrogen and oxygen atoms in total. The van der Waals surface area contributed by atoms with E-state index in [1.54, 1.807) is 96.9 Å². The number of aromatic amines is 2. The molecular formula is C41H64N10O12. The Morgan fingerprint density at radius 3 is 1.51 bits per heavy atom. The van der Waals surface area contributed by atoms with Crippen molar-refractivity contribution in [1.29, 1.82) is 0 Å². The molecule has 3 aromatic rings. The van der Waals surface area contributed by atoms with Crippen LogP contribution in [0.4, 0.5) is 21.5 Å². The number of nitrogens with one attached hydrogen (secondary N) is 5. The van der Waals surface area contributed by atoms with Gasteiger partial charge in [0.25, 0.3) is 11.1 Å². The van der Waals surface area contributed by atoms with Crippen LogP contribution in [-0.2, 0) is 38.1 Å². The first kappa shape index (κ1) is 54.6. The molecule has 63 heavy (non-hydrogen) atoms. The van der Waals surface area contributed by atoms with Crippen molar-refractivity contribution < 1.29 is 47.7 Å². The van der Waals surface area contributed by atoms with Gasteiger partial charge in [0.05, 0.1) is 0 Å². The Hall–Kier alpha value is -6.45. The van der Waals surface area contributed by atoms with Gasteiger partial charge in [0.1, 0.15) is 40.8 Å². The summed E-state index contributed by atoms with van der Waals surface area (Å²) in [5.41, 5.74) is 3.33. The van der Waals surface area contributed by atoms with Crippen LogP contribution in [0.2, 0.25) is 0 Å². The SMILES string of the molecule is CC(C)(C)OC(=O)CC[C@H](N)C(=O)OC(C)(C)C.Cc1cc(=O)[nH]c(NC(=O)N[C@@H](CCC(=O)OC(C)(C)C)C(=O)OC(C)(C)C)n1.Cc1cc(=O)[nH]c(NC(=O)n2ccnc2)n1. The molecule has 2 atom stereocenters. The zero-order valence-corrected chi connectivity index (χ0v) is 38.6. The Kier molecular flexibility index (Phi) is 20.5. The number of nitrogens with zero attached hydrogens (tertiary/aromatic N) is 4. The van der Waals surface area contributed by atoms with Crippen molar-refractivity contribution >= 4 is 47.8 Å². The molecule has 0 aromatic carbocycles. The van der Waals surface area contributed by atoms with Gasteiger partial charge >= 0.3 is 35.9 Å². The highest BCUT2D eigenvalue weighted by atomic mass is 16.6. The van der Waals surface area contributed by atoms with Gasteiger partial charge in [-0.2, -0.15) is 0 Å². The molecule has 3 rings (SSSR count). The quantitative estimate of drug-likeness (QED) is 0.116. The number of hydrogen-bond donors (Lipinski definition) is 6. The largest absolute Gasteiger partial charge is 0.460 e. The second kappa shape index (κ2) is 23.7. The van der Waals surface area contributed by atoms with E-state index in [9.17, 15) is 38.4 Å². The van der Waals surface area contributed by atoms with Crippen LogP contribution in [0.5, 0.6) is 0 Å². The van der Waals surface area contributed by atoms with Crippen LogP contribution in [0.1, 0.15) is 120 Å². The zero-order chi connectivity index (χ0) is 48.5. The Morgan fingerprint density at radius 1 is 0.667 bits per heavy atom. The van der Waals surface area contributed by atoms with Crippen molar-refractivity contribution in [3.8, 4) is 0 Å². The highest BCUT2D eigenvalue weighted by Gasteiger charge is 2.29. The molecule has 0 bridgehead atoms. The smallest absolute Gasteiger partial charge is 0.333 e. The Balaban J connectivity index is 0.000000502. The molecule has 0 unspecified atom stereocenters. The molecule has 0 radical (unpaired) electrons. The van der Waals surface area contributed by atoms with Crippen molar-refractivity contribution in [2.24, 2.45) is 5.73 Å². The second-order valence-corrected chi connectivity index (χ2v) is 17.9. The Bertz CT molecular complexity index is 2120. The lowest BCUT2D eigenvalue weighted by molar-refractivity contribution is -0.160. The van der Waals surface area contributed by atoms with Gasteiger partial charge in [-0.1, -0.05) is 0 Å². The predicted molar refractivity (Wildman–Crippen MR) is 232 cm³/mol. The number of carbonyl (C=O) groups is 6. The standard InChI is InChI=1S/C19H30N4O6.C13H25NO4.C9H9N5O2/c1-11-10-13(24)22-16(20-11)23-17(27)21-12(15(26)29-19(5,6)7)8-9-14(25)28-18(2,3)4;1-12(2,3)17-10(15)8-7-9(14)11(16)18-13(4,5)6;1-6-4-7(15)12-8(11-6)13-9(16)14-3-2-10-5-14/h10,12H,8-9H2,1-7H3,(H3,20,21,22,23,24,27);9H,7-8,14H2,1-6H3;2-5H,1H3,(H2,11,12,13,15,16)/t12-;9-;/m00./s1. The fourth-order valence-corrected chi connectivity index (χ4v) is 4.56. The van der Waals surface area contributed by atoms with Crippen molar-refractivity contribution in [3.05, 3.63) is 62.9 Å². The van der Waals surface area contributed by atoms with Crippen molar-refractivity contribution in [2.45, 2.75) is 157 Å². The summed E-state index contributed by atoms with van der Waals surface area (Å²) < 4.78 is 22.0. The molecule has 350 valence electrons. The number of hydrogen-bond acceptors (Lipinski definition) is 16. The van der Waals surface area contributed by atoms with Crippen LogP contribution >= 0.6 is 0 Å². The third-order valence-corrected chi connectivity index (χ3v) is 6.78. The lowest BCUT2D eigenvalue weighted by Gasteiger charge is -2.25. The van der Waals surface area contributed by atoms with Crippen LogP contribution in [0.15, 0.2) is 40.4 Å².